The molecule has 0 aliphatic heterocycles. The number of nitrogens with one attached hydrogen (secondary N) is 1. The number of aliphatic hydroxyl groups excluding tert-OH is 1. The Morgan fingerprint density at radius 3 is 2.46 bits per heavy atom. The Labute approximate surface area is 145 Å². The number of halogens is 2. The van der Waals surface area contributed by atoms with Crippen molar-refractivity contribution in [1.29, 1.82) is 0 Å². The van der Waals surface area contributed by atoms with Gasteiger partial charge in [0.2, 0.25) is 5.91 Å². The molecular weight excluding hydrogens is 329 g/mol. The van der Waals surface area contributed by atoms with Crippen molar-refractivity contribution in [3.8, 4) is 0 Å². The summed E-state index contributed by atoms with van der Waals surface area (Å²) in [7, 11) is 0. The van der Waals surface area contributed by atoms with Gasteiger partial charge >= 0.3 is 0 Å². The average molecular weight is 348 g/mol. The van der Waals surface area contributed by atoms with E-state index in [0.717, 1.165) is 6.42 Å². The molecule has 5 heteroatoms. The predicted molar refractivity (Wildman–Crippen MR) is 91.4 cm³/mol. The van der Waals surface area contributed by atoms with Gasteiger partial charge in [-0.2, -0.15) is 0 Å². The molecule has 0 spiro atoms. The van der Waals surface area contributed by atoms with Gasteiger partial charge in [-0.15, -0.1) is 0 Å². The first-order chi connectivity index (χ1) is 11.5. The number of hydrogen-bond acceptors (Lipinski definition) is 2. The van der Waals surface area contributed by atoms with E-state index in [0.29, 0.717) is 29.0 Å². The second-order valence-corrected chi connectivity index (χ2v) is 6.63. The normalized spacial score (nSPS) is 17.0. The Balaban J connectivity index is 1.69. The molecule has 126 valence electrons. The van der Waals surface area contributed by atoms with Gasteiger partial charge in [-0.3, -0.25) is 4.79 Å². The number of aliphatic hydroxyl groups is 1. The standard InChI is InChI=1S/C19H19ClFNO2/c20-14-8-6-13(7-9-14)17(23)12-22-18(24)19(10-3-11-19)15-4-1-2-5-16(15)21/h1-2,4-9,17,23H,3,10-12H2,(H,22,24). The highest BCUT2D eigenvalue weighted by molar-refractivity contribution is 6.30. The average Bonchev–Trinajstić information content (AvgIpc) is 2.54. The van der Waals surface area contributed by atoms with Crippen LogP contribution in [0.5, 0.6) is 0 Å². The number of hydrogen-bond donors (Lipinski definition) is 2. The lowest BCUT2D eigenvalue weighted by atomic mass is 9.63. The predicted octanol–water partition coefficient (Wildman–Crippen LogP) is 3.75. The molecule has 0 saturated heterocycles. The highest BCUT2D eigenvalue weighted by Crippen LogP contribution is 2.44. The Hall–Kier alpha value is -1.91. The molecule has 0 aromatic heterocycles. The maximum atomic E-state index is 14.1. The first kappa shape index (κ1) is 16.9. The van der Waals surface area contributed by atoms with E-state index in [1.54, 1.807) is 42.5 Å². The quantitative estimate of drug-likeness (QED) is 0.865. The number of benzene rings is 2. The zero-order valence-corrected chi connectivity index (χ0v) is 13.9. The lowest BCUT2D eigenvalue weighted by Crippen LogP contribution is -2.50. The number of amides is 1. The molecule has 0 heterocycles. The second-order valence-electron chi connectivity index (χ2n) is 6.19. The van der Waals surface area contributed by atoms with Crippen molar-refractivity contribution in [2.75, 3.05) is 6.54 Å². The van der Waals surface area contributed by atoms with E-state index in [2.05, 4.69) is 5.32 Å². The van der Waals surface area contributed by atoms with Crippen LogP contribution < -0.4 is 5.32 Å². The van der Waals surface area contributed by atoms with Crippen LogP contribution in [-0.2, 0) is 10.2 Å². The van der Waals surface area contributed by atoms with Gasteiger partial charge in [-0.25, -0.2) is 4.39 Å². The lowest BCUT2D eigenvalue weighted by Gasteiger charge is -2.41. The van der Waals surface area contributed by atoms with Gasteiger partial charge in [0.25, 0.3) is 0 Å². The minimum absolute atomic E-state index is 0.0800. The maximum absolute atomic E-state index is 14.1. The third-order valence-electron chi connectivity index (χ3n) is 4.74. The van der Waals surface area contributed by atoms with E-state index >= 15 is 0 Å². The van der Waals surface area contributed by atoms with Gasteiger partial charge in [-0.1, -0.05) is 48.4 Å². The fourth-order valence-corrected chi connectivity index (χ4v) is 3.29. The molecule has 1 amide bonds. The maximum Gasteiger partial charge on any atom is 0.230 e. The van der Waals surface area contributed by atoms with Gasteiger partial charge in [0.1, 0.15) is 5.82 Å². The highest BCUT2D eigenvalue weighted by atomic mass is 35.5. The summed E-state index contributed by atoms with van der Waals surface area (Å²) in [6.07, 6.45) is 1.30. The molecule has 1 aliphatic rings. The molecule has 1 atom stereocenters. The minimum Gasteiger partial charge on any atom is -0.387 e. The second kappa shape index (κ2) is 6.91. The van der Waals surface area contributed by atoms with Gasteiger partial charge in [0, 0.05) is 17.1 Å². The number of carbonyl (C=O) groups is 1. The monoisotopic (exact) mass is 347 g/mol. The first-order valence-corrected chi connectivity index (χ1v) is 8.37. The largest absolute Gasteiger partial charge is 0.387 e. The molecular formula is C19H19ClFNO2. The Kier molecular flexibility index (Phi) is 4.88. The summed E-state index contributed by atoms with van der Waals surface area (Å²) in [4.78, 5) is 12.7. The molecule has 0 radical (unpaired) electrons. The van der Waals surface area contributed by atoms with E-state index in [4.69, 9.17) is 11.6 Å². The molecule has 3 rings (SSSR count). The number of carbonyl (C=O) groups excluding carboxylic acids is 1. The van der Waals surface area contributed by atoms with Crippen molar-refractivity contribution < 1.29 is 14.3 Å². The van der Waals surface area contributed by atoms with Crippen LogP contribution in [0.1, 0.15) is 36.5 Å². The van der Waals surface area contributed by atoms with Crippen molar-refractivity contribution >= 4 is 17.5 Å². The van der Waals surface area contributed by atoms with Gasteiger partial charge in [0.15, 0.2) is 0 Å². The molecule has 1 unspecified atom stereocenters. The Bertz CT molecular complexity index is 728. The van der Waals surface area contributed by atoms with Crippen molar-refractivity contribution in [2.45, 2.75) is 30.8 Å². The van der Waals surface area contributed by atoms with Crippen molar-refractivity contribution in [3.63, 3.8) is 0 Å². The van der Waals surface area contributed by atoms with Crippen LogP contribution >= 0.6 is 11.6 Å². The van der Waals surface area contributed by atoms with Gasteiger partial charge < -0.3 is 10.4 Å². The molecule has 3 nitrogen and oxygen atoms in total. The zero-order valence-electron chi connectivity index (χ0n) is 13.1. The van der Waals surface area contributed by atoms with Crippen LogP contribution in [-0.4, -0.2) is 17.6 Å². The molecule has 2 N–H and O–H groups in total. The molecule has 1 fully saturated rings. The van der Waals surface area contributed by atoms with Gasteiger partial charge in [-0.05, 0) is 36.6 Å². The topological polar surface area (TPSA) is 49.3 Å². The summed E-state index contributed by atoms with van der Waals surface area (Å²) in [5.41, 5.74) is 0.299. The van der Waals surface area contributed by atoms with Crippen LogP contribution in [0.15, 0.2) is 48.5 Å². The summed E-state index contributed by atoms with van der Waals surface area (Å²) in [5, 5.41) is 13.6. The van der Waals surface area contributed by atoms with Crippen molar-refractivity contribution in [1.82, 2.24) is 5.32 Å². The van der Waals surface area contributed by atoms with Crippen LogP contribution in [0.2, 0.25) is 5.02 Å². The lowest BCUT2D eigenvalue weighted by molar-refractivity contribution is -0.130. The van der Waals surface area contributed by atoms with Crippen LogP contribution in [0.4, 0.5) is 4.39 Å². The molecule has 2 aromatic carbocycles. The summed E-state index contributed by atoms with van der Waals surface area (Å²) >= 11 is 5.83. The molecule has 24 heavy (non-hydrogen) atoms. The van der Waals surface area contributed by atoms with E-state index in [9.17, 15) is 14.3 Å². The van der Waals surface area contributed by atoms with E-state index < -0.39 is 11.5 Å². The minimum atomic E-state index is -0.830. The SMILES string of the molecule is O=C(NCC(O)c1ccc(Cl)cc1)C1(c2ccccc2F)CCC1. The smallest absolute Gasteiger partial charge is 0.230 e. The van der Waals surface area contributed by atoms with Crippen LogP contribution in [0.3, 0.4) is 0 Å². The zero-order chi connectivity index (χ0) is 17.2. The Morgan fingerprint density at radius 1 is 1.21 bits per heavy atom. The Morgan fingerprint density at radius 2 is 1.88 bits per heavy atom. The number of rotatable bonds is 5. The van der Waals surface area contributed by atoms with Crippen LogP contribution in [0.25, 0.3) is 0 Å². The first-order valence-electron chi connectivity index (χ1n) is 8.00. The summed E-state index contributed by atoms with van der Waals surface area (Å²) in [5.74, 6) is -0.586. The van der Waals surface area contributed by atoms with E-state index in [1.165, 1.54) is 6.07 Å². The summed E-state index contributed by atoms with van der Waals surface area (Å²) in [6, 6.07) is 13.2. The fourth-order valence-electron chi connectivity index (χ4n) is 3.16. The van der Waals surface area contributed by atoms with Gasteiger partial charge in [0.05, 0.1) is 11.5 Å². The fraction of sp³-hybridized carbons (Fsp3) is 0.316. The molecule has 1 saturated carbocycles. The molecule has 0 bridgehead atoms. The van der Waals surface area contributed by atoms with E-state index in [-0.39, 0.29) is 18.3 Å². The third-order valence-corrected chi connectivity index (χ3v) is 4.99. The van der Waals surface area contributed by atoms with Crippen molar-refractivity contribution in [3.05, 3.63) is 70.5 Å². The molecule has 2 aromatic rings. The highest BCUT2D eigenvalue weighted by Gasteiger charge is 2.47. The van der Waals surface area contributed by atoms with E-state index in [1.807, 2.05) is 0 Å². The van der Waals surface area contributed by atoms with Crippen LogP contribution in [0, 0.1) is 5.82 Å². The van der Waals surface area contributed by atoms with Crippen molar-refractivity contribution in [2.24, 2.45) is 0 Å². The summed E-state index contributed by atoms with van der Waals surface area (Å²) in [6.45, 7) is 0.0800. The summed E-state index contributed by atoms with van der Waals surface area (Å²) < 4.78 is 14.1. The molecule has 1 aliphatic carbocycles. The third kappa shape index (κ3) is 3.17.